The van der Waals surface area contributed by atoms with Crippen LogP contribution in [0.2, 0.25) is 0 Å². The number of para-hydroxylation sites is 1. The van der Waals surface area contributed by atoms with Crippen molar-refractivity contribution in [2.75, 3.05) is 20.3 Å². The van der Waals surface area contributed by atoms with Crippen molar-refractivity contribution in [1.29, 1.82) is 0 Å². The zero-order valence-electron chi connectivity index (χ0n) is 13.0. The second-order valence-corrected chi connectivity index (χ2v) is 6.34. The molecule has 0 saturated carbocycles. The summed E-state index contributed by atoms with van der Waals surface area (Å²) in [5.74, 6) is 1.65. The van der Waals surface area contributed by atoms with E-state index in [1.165, 1.54) is 37.7 Å². The molecule has 3 rings (SSSR count). The standard InChI is InChI=1S/C18H27NO2/c1-19-17(9-4-7-16-8-5-11-20-16)15-12-14-6-2-3-10-18(14)21-13-15/h2-3,6,10,15-17,19H,4-5,7-9,11-13H2,1H3. The average Bonchev–Trinajstić information content (AvgIpc) is 3.04. The van der Waals surface area contributed by atoms with Gasteiger partial charge in [0, 0.05) is 18.6 Å². The molecule has 21 heavy (non-hydrogen) atoms. The van der Waals surface area contributed by atoms with Crippen molar-refractivity contribution < 1.29 is 9.47 Å². The maximum Gasteiger partial charge on any atom is 0.122 e. The van der Waals surface area contributed by atoms with E-state index >= 15 is 0 Å². The zero-order chi connectivity index (χ0) is 14.5. The highest BCUT2D eigenvalue weighted by Crippen LogP contribution is 2.29. The van der Waals surface area contributed by atoms with Crippen LogP contribution in [0.15, 0.2) is 24.3 Å². The largest absolute Gasteiger partial charge is 0.493 e. The van der Waals surface area contributed by atoms with Crippen LogP contribution < -0.4 is 10.1 Å². The third-order valence-electron chi connectivity index (χ3n) is 4.91. The summed E-state index contributed by atoms with van der Waals surface area (Å²) in [6.45, 7) is 1.80. The summed E-state index contributed by atoms with van der Waals surface area (Å²) < 4.78 is 11.6. The summed E-state index contributed by atoms with van der Waals surface area (Å²) in [4.78, 5) is 0. The van der Waals surface area contributed by atoms with E-state index in [0.29, 0.717) is 18.1 Å². The number of ether oxygens (including phenoxy) is 2. The van der Waals surface area contributed by atoms with E-state index in [0.717, 1.165) is 25.4 Å². The molecule has 0 aliphatic carbocycles. The lowest BCUT2D eigenvalue weighted by Gasteiger charge is -2.31. The van der Waals surface area contributed by atoms with Crippen LogP contribution in [0.1, 0.15) is 37.7 Å². The van der Waals surface area contributed by atoms with E-state index in [4.69, 9.17) is 9.47 Å². The maximum atomic E-state index is 5.93. The number of hydrogen-bond acceptors (Lipinski definition) is 3. The fraction of sp³-hybridized carbons (Fsp3) is 0.667. The minimum Gasteiger partial charge on any atom is -0.493 e. The number of fused-ring (bicyclic) bond motifs is 1. The summed E-state index contributed by atoms with van der Waals surface area (Å²) in [6.07, 6.45) is 7.81. The molecule has 1 aromatic carbocycles. The molecule has 0 aromatic heterocycles. The predicted octanol–water partition coefficient (Wildman–Crippen LogP) is 3.18. The first-order valence-corrected chi connectivity index (χ1v) is 8.36. The molecule has 3 unspecified atom stereocenters. The fourth-order valence-corrected chi connectivity index (χ4v) is 3.66. The lowest BCUT2D eigenvalue weighted by atomic mass is 9.87. The van der Waals surface area contributed by atoms with Gasteiger partial charge in [-0.15, -0.1) is 0 Å². The minimum atomic E-state index is 0.519. The zero-order valence-corrected chi connectivity index (χ0v) is 13.0. The Morgan fingerprint density at radius 2 is 2.24 bits per heavy atom. The van der Waals surface area contributed by atoms with Crippen LogP contribution in [0.3, 0.4) is 0 Å². The first-order valence-electron chi connectivity index (χ1n) is 8.36. The first-order chi connectivity index (χ1) is 10.4. The van der Waals surface area contributed by atoms with Gasteiger partial charge in [-0.25, -0.2) is 0 Å². The van der Waals surface area contributed by atoms with Crippen molar-refractivity contribution in [2.45, 2.75) is 50.7 Å². The molecular weight excluding hydrogens is 262 g/mol. The van der Waals surface area contributed by atoms with Gasteiger partial charge < -0.3 is 14.8 Å². The Hall–Kier alpha value is -1.06. The third-order valence-corrected chi connectivity index (χ3v) is 4.91. The number of nitrogens with one attached hydrogen (secondary N) is 1. The topological polar surface area (TPSA) is 30.5 Å². The molecule has 1 fully saturated rings. The molecule has 1 saturated heterocycles. The van der Waals surface area contributed by atoms with Crippen LogP contribution in [0.4, 0.5) is 0 Å². The molecule has 2 heterocycles. The summed E-state index contributed by atoms with van der Waals surface area (Å²) in [6, 6.07) is 8.98. The Labute approximate surface area is 128 Å². The Morgan fingerprint density at radius 3 is 3.05 bits per heavy atom. The molecule has 3 heteroatoms. The summed E-state index contributed by atoms with van der Waals surface area (Å²) in [5.41, 5.74) is 1.35. The van der Waals surface area contributed by atoms with E-state index in [1.807, 2.05) is 0 Å². The van der Waals surface area contributed by atoms with Gasteiger partial charge in [0.2, 0.25) is 0 Å². The Morgan fingerprint density at radius 1 is 1.33 bits per heavy atom. The van der Waals surface area contributed by atoms with Gasteiger partial charge in [0.05, 0.1) is 12.7 Å². The molecule has 0 radical (unpaired) electrons. The summed E-state index contributed by atoms with van der Waals surface area (Å²) >= 11 is 0. The van der Waals surface area contributed by atoms with Crippen LogP contribution in [0.25, 0.3) is 0 Å². The van der Waals surface area contributed by atoms with Crippen molar-refractivity contribution in [3.63, 3.8) is 0 Å². The Bertz CT molecular complexity index is 443. The fourth-order valence-electron chi connectivity index (χ4n) is 3.66. The lowest BCUT2D eigenvalue weighted by molar-refractivity contribution is 0.0993. The highest BCUT2D eigenvalue weighted by molar-refractivity contribution is 5.35. The molecule has 2 aliphatic rings. The smallest absolute Gasteiger partial charge is 0.122 e. The SMILES string of the molecule is CNC(CCCC1CCCO1)C1COc2ccccc2C1. The van der Waals surface area contributed by atoms with E-state index in [-0.39, 0.29) is 0 Å². The van der Waals surface area contributed by atoms with Crippen LogP contribution in [-0.4, -0.2) is 32.4 Å². The van der Waals surface area contributed by atoms with Crippen molar-refractivity contribution in [1.82, 2.24) is 5.32 Å². The first kappa shape index (κ1) is 14.9. The van der Waals surface area contributed by atoms with Crippen LogP contribution in [-0.2, 0) is 11.2 Å². The third kappa shape index (κ3) is 3.78. The normalized spacial score (nSPS) is 26.1. The molecule has 116 valence electrons. The predicted molar refractivity (Wildman–Crippen MR) is 84.8 cm³/mol. The molecule has 1 N–H and O–H groups in total. The monoisotopic (exact) mass is 289 g/mol. The lowest BCUT2D eigenvalue weighted by Crippen LogP contribution is -2.40. The van der Waals surface area contributed by atoms with Crippen molar-refractivity contribution in [3.8, 4) is 5.75 Å². The molecule has 0 spiro atoms. The van der Waals surface area contributed by atoms with E-state index in [9.17, 15) is 0 Å². The second kappa shape index (κ2) is 7.28. The van der Waals surface area contributed by atoms with E-state index in [1.54, 1.807) is 0 Å². The molecule has 2 aliphatic heterocycles. The van der Waals surface area contributed by atoms with Gasteiger partial charge in [-0.05, 0) is 57.2 Å². The average molecular weight is 289 g/mol. The molecular formula is C18H27NO2. The minimum absolute atomic E-state index is 0.519. The van der Waals surface area contributed by atoms with Gasteiger partial charge in [0.1, 0.15) is 5.75 Å². The highest BCUT2D eigenvalue weighted by atomic mass is 16.5. The number of rotatable bonds is 6. The Kier molecular flexibility index (Phi) is 5.15. The molecule has 3 atom stereocenters. The van der Waals surface area contributed by atoms with E-state index < -0.39 is 0 Å². The van der Waals surface area contributed by atoms with Gasteiger partial charge in [0.25, 0.3) is 0 Å². The summed E-state index contributed by atoms with van der Waals surface area (Å²) in [7, 11) is 2.08. The highest BCUT2D eigenvalue weighted by Gasteiger charge is 2.26. The number of hydrogen-bond donors (Lipinski definition) is 1. The quantitative estimate of drug-likeness (QED) is 0.872. The van der Waals surface area contributed by atoms with Gasteiger partial charge in [-0.3, -0.25) is 0 Å². The van der Waals surface area contributed by atoms with Crippen LogP contribution in [0.5, 0.6) is 5.75 Å². The van der Waals surface area contributed by atoms with Gasteiger partial charge in [-0.1, -0.05) is 18.2 Å². The van der Waals surface area contributed by atoms with Crippen molar-refractivity contribution in [3.05, 3.63) is 29.8 Å². The van der Waals surface area contributed by atoms with Gasteiger partial charge in [-0.2, -0.15) is 0 Å². The summed E-state index contributed by atoms with van der Waals surface area (Å²) in [5, 5.41) is 3.51. The molecule has 0 amide bonds. The van der Waals surface area contributed by atoms with Crippen LogP contribution in [0, 0.1) is 5.92 Å². The van der Waals surface area contributed by atoms with Gasteiger partial charge in [0.15, 0.2) is 0 Å². The maximum absolute atomic E-state index is 5.93. The van der Waals surface area contributed by atoms with Crippen molar-refractivity contribution in [2.24, 2.45) is 5.92 Å². The second-order valence-electron chi connectivity index (χ2n) is 6.34. The van der Waals surface area contributed by atoms with Crippen LogP contribution >= 0.6 is 0 Å². The van der Waals surface area contributed by atoms with E-state index in [2.05, 4.69) is 36.6 Å². The molecule has 0 bridgehead atoms. The van der Waals surface area contributed by atoms with Crippen molar-refractivity contribution >= 4 is 0 Å². The number of benzene rings is 1. The Balaban J connectivity index is 1.49. The van der Waals surface area contributed by atoms with Gasteiger partial charge >= 0.3 is 0 Å². The molecule has 3 nitrogen and oxygen atoms in total. The molecule has 1 aromatic rings.